The van der Waals surface area contributed by atoms with Gasteiger partial charge in [0.1, 0.15) is 5.57 Å². The van der Waals surface area contributed by atoms with Crippen LogP contribution < -0.4 is 4.84 Å². The summed E-state index contributed by atoms with van der Waals surface area (Å²) in [5.74, 6) is -0.673. The number of hydrogen-bond acceptors (Lipinski definition) is 5. The third kappa shape index (κ3) is 5.12. The number of ether oxygens (including phenoxy) is 2. The van der Waals surface area contributed by atoms with Gasteiger partial charge in [-0.1, -0.05) is 35.5 Å². The van der Waals surface area contributed by atoms with Crippen LogP contribution >= 0.6 is 0 Å². The first-order valence-electron chi connectivity index (χ1n) is 8.08. The monoisotopic (exact) mass is 393 g/mol. The number of hydrogen-bond donors (Lipinski definition) is 0. The van der Waals surface area contributed by atoms with Crippen LogP contribution in [0.15, 0.2) is 59.9 Å². The first kappa shape index (κ1) is 21.0. The third-order valence-electron chi connectivity index (χ3n) is 3.70. The average molecular weight is 393 g/mol. The highest BCUT2D eigenvalue weighted by Gasteiger charge is 2.30. The molecule has 0 heterocycles. The van der Waals surface area contributed by atoms with Crippen LogP contribution in [-0.4, -0.2) is 25.9 Å². The molecule has 0 amide bonds. The van der Waals surface area contributed by atoms with Crippen LogP contribution in [0.25, 0.3) is 5.57 Å². The smallest absolute Gasteiger partial charge is 0.416 e. The van der Waals surface area contributed by atoms with Crippen LogP contribution in [0.1, 0.15) is 23.6 Å². The second-order valence-electron chi connectivity index (χ2n) is 5.60. The molecule has 0 aliphatic heterocycles. The number of benzene rings is 2. The van der Waals surface area contributed by atoms with Crippen molar-refractivity contribution in [3.63, 3.8) is 0 Å². The summed E-state index contributed by atoms with van der Waals surface area (Å²) in [5, 5.41) is 3.91. The molecule has 0 aromatic heterocycles. The van der Waals surface area contributed by atoms with E-state index in [0.717, 1.165) is 12.1 Å². The van der Waals surface area contributed by atoms with Crippen molar-refractivity contribution in [1.29, 1.82) is 0 Å². The number of halogens is 3. The molecule has 0 saturated carbocycles. The summed E-state index contributed by atoms with van der Waals surface area (Å²) >= 11 is 0. The van der Waals surface area contributed by atoms with E-state index in [1.54, 1.807) is 31.2 Å². The summed E-state index contributed by atoms with van der Waals surface area (Å²) in [4.78, 5) is 17.2. The Kier molecular flexibility index (Phi) is 6.81. The minimum absolute atomic E-state index is 0.0627. The molecule has 0 aliphatic carbocycles. The van der Waals surface area contributed by atoms with Gasteiger partial charge in [0.25, 0.3) is 0 Å². The normalized spacial score (nSPS) is 12.5. The molecule has 28 heavy (non-hydrogen) atoms. The van der Waals surface area contributed by atoms with Crippen molar-refractivity contribution >= 4 is 17.3 Å². The second-order valence-corrected chi connectivity index (χ2v) is 5.60. The van der Waals surface area contributed by atoms with Crippen molar-refractivity contribution in [2.24, 2.45) is 5.16 Å². The number of methoxy groups -OCH3 is 2. The standard InChI is InChI=1S/C20H18F3NO4/c1-13(24-28-15-8-6-7-14(11-15)20(21,22)23)16-9-4-5-10-17(16)18(12-26-2)19(25)27-3/h4-12H,1-3H3/b18-12+,24-13+. The zero-order valence-electron chi connectivity index (χ0n) is 15.4. The quantitative estimate of drug-likeness (QED) is 0.235. The Labute approximate surface area is 160 Å². The Morgan fingerprint density at radius 2 is 1.71 bits per heavy atom. The Morgan fingerprint density at radius 3 is 2.32 bits per heavy atom. The van der Waals surface area contributed by atoms with Gasteiger partial charge in [-0.25, -0.2) is 4.79 Å². The molecule has 0 spiro atoms. The van der Waals surface area contributed by atoms with E-state index in [4.69, 9.17) is 14.3 Å². The fraction of sp³-hybridized carbons (Fsp3) is 0.200. The van der Waals surface area contributed by atoms with Gasteiger partial charge in [-0.15, -0.1) is 0 Å². The van der Waals surface area contributed by atoms with E-state index in [1.165, 1.54) is 32.6 Å². The summed E-state index contributed by atoms with van der Waals surface area (Å²) in [7, 11) is 2.63. The maximum Gasteiger partial charge on any atom is 0.416 e. The van der Waals surface area contributed by atoms with Gasteiger partial charge in [0.05, 0.1) is 31.8 Å². The van der Waals surface area contributed by atoms with Crippen LogP contribution in [0.3, 0.4) is 0 Å². The highest BCUT2D eigenvalue weighted by Crippen LogP contribution is 2.31. The molecule has 8 heteroatoms. The number of nitrogens with zero attached hydrogens (tertiary/aromatic N) is 1. The van der Waals surface area contributed by atoms with Crippen molar-refractivity contribution in [3.05, 3.63) is 71.5 Å². The molecular formula is C20H18F3NO4. The van der Waals surface area contributed by atoms with Gasteiger partial charge in [0, 0.05) is 11.1 Å². The van der Waals surface area contributed by atoms with E-state index in [-0.39, 0.29) is 11.3 Å². The molecule has 2 aromatic carbocycles. The number of carbonyl (C=O) groups excluding carboxylic acids is 1. The molecule has 0 saturated heterocycles. The number of carbonyl (C=O) groups is 1. The van der Waals surface area contributed by atoms with Crippen molar-refractivity contribution in [2.45, 2.75) is 13.1 Å². The summed E-state index contributed by atoms with van der Waals surface area (Å²) < 4.78 is 48.1. The fourth-order valence-electron chi connectivity index (χ4n) is 2.38. The van der Waals surface area contributed by atoms with Gasteiger partial charge >= 0.3 is 12.1 Å². The maximum absolute atomic E-state index is 12.8. The molecule has 5 nitrogen and oxygen atoms in total. The predicted octanol–water partition coefficient (Wildman–Crippen LogP) is 4.67. The van der Waals surface area contributed by atoms with Crippen LogP contribution in [0.4, 0.5) is 13.2 Å². The summed E-state index contributed by atoms with van der Waals surface area (Å²) in [5.41, 5.74) is 0.677. The molecule has 0 fully saturated rings. The molecule has 0 radical (unpaired) electrons. The second kappa shape index (κ2) is 9.07. The molecule has 0 N–H and O–H groups in total. The number of oxime groups is 1. The minimum atomic E-state index is -4.48. The van der Waals surface area contributed by atoms with Crippen molar-refractivity contribution in [2.75, 3.05) is 14.2 Å². The SMILES string of the molecule is CO/C=C(/C(=O)OC)c1ccccc1/C(C)=N/Oc1cccc(C(F)(F)F)c1. The highest BCUT2D eigenvalue weighted by molar-refractivity contribution is 6.19. The first-order valence-corrected chi connectivity index (χ1v) is 8.08. The lowest BCUT2D eigenvalue weighted by Crippen LogP contribution is -2.09. The Balaban J connectivity index is 2.36. The van der Waals surface area contributed by atoms with Crippen LogP contribution in [-0.2, 0) is 20.4 Å². The van der Waals surface area contributed by atoms with Crippen molar-refractivity contribution in [1.82, 2.24) is 0 Å². The molecular weight excluding hydrogens is 375 g/mol. The molecule has 2 rings (SSSR count). The zero-order chi connectivity index (χ0) is 20.7. The summed E-state index contributed by atoms with van der Waals surface area (Å²) in [6.07, 6.45) is -3.24. The first-order chi connectivity index (χ1) is 13.3. The molecule has 2 aromatic rings. The van der Waals surface area contributed by atoms with Crippen LogP contribution in [0, 0.1) is 0 Å². The summed E-state index contributed by atoms with van der Waals surface area (Å²) in [6, 6.07) is 11.2. The largest absolute Gasteiger partial charge is 0.503 e. The van der Waals surface area contributed by atoms with Crippen molar-refractivity contribution < 1.29 is 32.3 Å². The average Bonchev–Trinajstić information content (AvgIpc) is 2.69. The molecule has 148 valence electrons. The van der Waals surface area contributed by atoms with E-state index in [0.29, 0.717) is 16.8 Å². The maximum atomic E-state index is 12.8. The van der Waals surface area contributed by atoms with E-state index < -0.39 is 17.7 Å². The number of rotatable bonds is 6. The van der Waals surface area contributed by atoms with E-state index >= 15 is 0 Å². The van der Waals surface area contributed by atoms with E-state index in [2.05, 4.69) is 5.16 Å². The lowest BCUT2D eigenvalue weighted by atomic mass is 9.98. The van der Waals surface area contributed by atoms with Gasteiger partial charge < -0.3 is 14.3 Å². The fourth-order valence-corrected chi connectivity index (χ4v) is 2.38. The molecule has 0 atom stereocenters. The third-order valence-corrected chi connectivity index (χ3v) is 3.70. The predicted molar refractivity (Wildman–Crippen MR) is 97.7 cm³/mol. The van der Waals surface area contributed by atoms with Gasteiger partial charge in [0.15, 0.2) is 5.75 Å². The molecule has 0 aliphatic rings. The molecule has 0 bridgehead atoms. The van der Waals surface area contributed by atoms with Crippen molar-refractivity contribution in [3.8, 4) is 5.75 Å². The number of esters is 1. The Hall–Kier alpha value is -3.29. The van der Waals surface area contributed by atoms with Gasteiger partial charge in [-0.2, -0.15) is 13.2 Å². The lowest BCUT2D eigenvalue weighted by molar-refractivity contribution is -0.137. The van der Waals surface area contributed by atoms with Gasteiger partial charge in [-0.3, -0.25) is 0 Å². The van der Waals surface area contributed by atoms with E-state index in [9.17, 15) is 18.0 Å². The zero-order valence-corrected chi connectivity index (χ0v) is 15.4. The van der Waals surface area contributed by atoms with Crippen LogP contribution in [0.2, 0.25) is 0 Å². The minimum Gasteiger partial charge on any atom is -0.503 e. The lowest BCUT2D eigenvalue weighted by Gasteiger charge is -2.11. The highest BCUT2D eigenvalue weighted by atomic mass is 19.4. The topological polar surface area (TPSA) is 57.1 Å². The number of alkyl halides is 3. The summed E-state index contributed by atoms with van der Waals surface area (Å²) in [6.45, 7) is 1.61. The van der Waals surface area contributed by atoms with Gasteiger partial charge in [0.2, 0.25) is 0 Å². The van der Waals surface area contributed by atoms with E-state index in [1.807, 2.05) is 0 Å². The molecule has 0 unspecified atom stereocenters. The Bertz CT molecular complexity index is 904. The van der Waals surface area contributed by atoms with Crippen LogP contribution in [0.5, 0.6) is 5.75 Å². The Morgan fingerprint density at radius 1 is 1.04 bits per heavy atom. The van der Waals surface area contributed by atoms with Gasteiger partial charge in [-0.05, 0) is 25.1 Å².